The Morgan fingerprint density at radius 1 is 1.40 bits per heavy atom. The average Bonchev–Trinajstić information content (AvgIpc) is 3.19. The number of benzene rings is 1. The highest BCUT2D eigenvalue weighted by Crippen LogP contribution is 2.26. The van der Waals surface area contributed by atoms with E-state index in [-0.39, 0.29) is 13.0 Å². The summed E-state index contributed by atoms with van der Waals surface area (Å²) in [6.07, 6.45) is -1.05. The summed E-state index contributed by atoms with van der Waals surface area (Å²) in [4.78, 5) is 24.3. The molecule has 1 atom stereocenters. The molecule has 25 heavy (non-hydrogen) atoms. The number of ether oxygens (including phenoxy) is 2. The molecule has 0 radical (unpaired) electrons. The van der Waals surface area contributed by atoms with Crippen molar-refractivity contribution in [3.63, 3.8) is 0 Å². The first-order chi connectivity index (χ1) is 12.1. The van der Waals surface area contributed by atoms with Gasteiger partial charge in [0, 0.05) is 16.6 Å². The van der Waals surface area contributed by atoms with Gasteiger partial charge in [0.25, 0.3) is 0 Å². The van der Waals surface area contributed by atoms with Crippen LogP contribution in [0.2, 0.25) is 0 Å². The lowest BCUT2D eigenvalue weighted by Gasteiger charge is -2.13. The molecule has 1 N–H and O–H groups in total. The zero-order valence-corrected chi connectivity index (χ0v) is 13.9. The molecule has 1 aromatic heterocycles. The van der Waals surface area contributed by atoms with Crippen molar-refractivity contribution in [3.05, 3.63) is 46.2 Å². The van der Waals surface area contributed by atoms with Crippen LogP contribution in [0, 0.1) is 11.3 Å². The number of rotatable bonds is 6. The maximum atomic E-state index is 12.0. The van der Waals surface area contributed by atoms with Crippen molar-refractivity contribution in [3.8, 4) is 11.8 Å². The summed E-state index contributed by atoms with van der Waals surface area (Å²) in [7, 11) is 0. The van der Waals surface area contributed by atoms with Gasteiger partial charge in [-0.1, -0.05) is 0 Å². The van der Waals surface area contributed by atoms with Gasteiger partial charge in [-0.2, -0.15) is 5.26 Å². The molecule has 0 aliphatic carbocycles. The molecule has 7 nitrogen and oxygen atoms in total. The van der Waals surface area contributed by atoms with Gasteiger partial charge in [0.05, 0.1) is 24.6 Å². The average molecular weight is 358 g/mol. The van der Waals surface area contributed by atoms with Gasteiger partial charge in [-0.05, 0) is 29.6 Å². The minimum Gasteiger partial charge on any atom is -0.488 e. The molecule has 2 heterocycles. The van der Waals surface area contributed by atoms with Gasteiger partial charge >= 0.3 is 12.1 Å². The van der Waals surface area contributed by atoms with Gasteiger partial charge in [-0.3, -0.25) is 9.69 Å². The topological polar surface area (TPSA) is 99.9 Å². The van der Waals surface area contributed by atoms with Crippen LogP contribution in [0.5, 0.6) is 5.75 Å². The third-order valence-corrected chi connectivity index (χ3v) is 4.42. The Hall–Kier alpha value is -3.05. The number of carbonyl (C=O) groups is 2. The van der Waals surface area contributed by atoms with E-state index in [1.807, 2.05) is 6.07 Å². The summed E-state index contributed by atoms with van der Waals surface area (Å²) in [5.74, 6) is -0.428. The second-order valence-corrected chi connectivity index (χ2v) is 6.16. The number of anilines is 1. The lowest BCUT2D eigenvalue weighted by atomic mass is 10.2. The first-order valence-corrected chi connectivity index (χ1v) is 8.39. The number of carboxylic acid groups (broad SMARTS) is 1. The molecule has 8 heteroatoms. The molecular formula is C17H14N2O5S. The number of cyclic esters (lactones) is 1. The largest absolute Gasteiger partial charge is 0.488 e. The van der Waals surface area contributed by atoms with Gasteiger partial charge < -0.3 is 14.6 Å². The van der Waals surface area contributed by atoms with Crippen LogP contribution in [-0.4, -0.2) is 36.4 Å². The number of carboxylic acids is 1. The van der Waals surface area contributed by atoms with E-state index in [4.69, 9.17) is 19.8 Å². The Morgan fingerprint density at radius 2 is 2.16 bits per heavy atom. The summed E-state index contributed by atoms with van der Waals surface area (Å²) < 4.78 is 10.9. The predicted octanol–water partition coefficient (Wildman–Crippen LogP) is 2.65. The highest BCUT2D eigenvalue weighted by molar-refractivity contribution is 7.08. The molecule has 0 spiro atoms. The minimum atomic E-state index is -0.928. The fourth-order valence-corrected chi connectivity index (χ4v) is 3.22. The second kappa shape index (κ2) is 7.23. The van der Waals surface area contributed by atoms with Crippen LogP contribution in [-0.2, 0) is 16.0 Å². The second-order valence-electron chi connectivity index (χ2n) is 5.42. The van der Waals surface area contributed by atoms with Gasteiger partial charge in [-0.25, -0.2) is 4.79 Å². The molecule has 1 amide bonds. The van der Waals surface area contributed by atoms with Gasteiger partial charge in [0.15, 0.2) is 6.10 Å². The van der Waals surface area contributed by atoms with E-state index in [0.29, 0.717) is 29.1 Å². The smallest absolute Gasteiger partial charge is 0.414 e. The summed E-state index contributed by atoms with van der Waals surface area (Å²) in [5.41, 5.74) is 1.76. The van der Waals surface area contributed by atoms with Crippen molar-refractivity contribution in [2.24, 2.45) is 0 Å². The molecule has 1 aliphatic rings. The van der Waals surface area contributed by atoms with E-state index in [1.54, 1.807) is 35.0 Å². The minimum absolute atomic E-state index is 0.110. The van der Waals surface area contributed by atoms with Crippen molar-refractivity contribution in [2.45, 2.75) is 12.5 Å². The monoisotopic (exact) mass is 358 g/mol. The number of thiophene rings is 1. The fourth-order valence-electron chi connectivity index (χ4n) is 2.45. The van der Waals surface area contributed by atoms with E-state index < -0.39 is 18.2 Å². The van der Waals surface area contributed by atoms with E-state index in [1.165, 1.54) is 16.2 Å². The maximum Gasteiger partial charge on any atom is 0.414 e. The number of nitrogens with zero attached hydrogens (tertiary/aromatic N) is 2. The van der Waals surface area contributed by atoms with Crippen LogP contribution in [0.4, 0.5) is 10.5 Å². The van der Waals surface area contributed by atoms with E-state index in [2.05, 4.69) is 0 Å². The maximum absolute atomic E-state index is 12.0. The molecule has 3 rings (SSSR count). The normalized spacial score (nSPS) is 16.4. The number of nitriles is 1. The molecule has 1 fully saturated rings. The highest BCUT2D eigenvalue weighted by Gasteiger charge is 2.33. The Kier molecular flexibility index (Phi) is 4.86. The molecule has 1 saturated heterocycles. The predicted molar refractivity (Wildman–Crippen MR) is 89.9 cm³/mol. The van der Waals surface area contributed by atoms with Crippen molar-refractivity contribution in [1.29, 1.82) is 5.26 Å². The van der Waals surface area contributed by atoms with Gasteiger partial charge in [0.1, 0.15) is 12.4 Å². The quantitative estimate of drug-likeness (QED) is 0.852. The molecule has 1 unspecified atom stereocenters. The molecule has 1 aromatic carbocycles. The van der Waals surface area contributed by atoms with Crippen LogP contribution in [0.15, 0.2) is 35.0 Å². The van der Waals surface area contributed by atoms with Crippen LogP contribution in [0.3, 0.4) is 0 Å². The first kappa shape index (κ1) is 16.8. The highest BCUT2D eigenvalue weighted by atomic mass is 32.1. The Balaban J connectivity index is 1.60. The Labute approximate surface area is 147 Å². The number of hydrogen-bond donors (Lipinski definition) is 1. The molecule has 128 valence electrons. The summed E-state index contributed by atoms with van der Waals surface area (Å²) >= 11 is 1.36. The third-order valence-electron chi connectivity index (χ3n) is 3.65. The lowest BCUT2D eigenvalue weighted by Crippen LogP contribution is -2.26. The lowest BCUT2D eigenvalue weighted by molar-refractivity contribution is -0.136. The van der Waals surface area contributed by atoms with Crippen LogP contribution in [0.25, 0.3) is 0 Å². The van der Waals surface area contributed by atoms with Crippen LogP contribution in [0.1, 0.15) is 11.1 Å². The van der Waals surface area contributed by atoms with Crippen molar-refractivity contribution in [2.75, 3.05) is 18.1 Å². The van der Waals surface area contributed by atoms with Gasteiger partial charge in [0.2, 0.25) is 0 Å². The number of aliphatic carboxylic acids is 1. The fraction of sp³-hybridized carbons (Fsp3) is 0.235. The molecule has 0 saturated carbocycles. The third kappa shape index (κ3) is 3.89. The zero-order chi connectivity index (χ0) is 17.8. The van der Waals surface area contributed by atoms with Crippen molar-refractivity contribution in [1.82, 2.24) is 0 Å². The molecule has 1 aliphatic heterocycles. The van der Waals surface area contributed by atoms with Crippen LogP contribution >= 0.6 is 11.3 Å². The molecular weight excluding hydrogens is 344 g/mol. The van der Waals surface area contributed by atoms with E-state index >= 15 is 0 Å². The Morgan fingerprint density at radius 3 is 2.84 bits per heavy atom. The summed E-state index contributed by atoms with van der Waals surface area (Å²) in [6, 6.07) is 8.67. The summed E-state index contributed by atoms with van der Waals surface area (Å²) in [5, 5.41) is 21.2. The molecule has 2 aromatic rings. The van der Waals surface area contributed by atoms with Crippen LogP contribution < -0.4 is 9.64 Å². The van der Waals surface area contributed by atoms with Crippen molar-refractivity contribution >= 4 is 29.1 Å². The van der Waals surface area contributed by atoms with Gasteiger partial charge in [-0.15, -0.1) is 11.3 Å². The standard InChI is InChI=1S/C17H14N2O5S/c18-6-11-1-3-13(4-2-11)19-7-14(24-17(19)22)8-23-15-10-25-9-12(15)5-16(20)21/h1-4,9-10,14H,5,7-8H2,(H,20,21). The molecule has 0 bridgehead atoms. The van der Waals surface area contributed by atoms with E-state index in [9.17, 15) is 9.59 Å². The van der Waals surface area contributed by atoms with Crippen molar-refractivity contribution < 1.29 is 24.2 Å². The number of hydrogen-bond acceptors (Lipinski definition) is 6. The Bertz CT molecular complexity index is 824. The van der Waals surface area contributed by atoms with E-state index in [0.717, 1.165) is 0 Å². The first-order valence-electron chi connectivity index (χ1n) is 7.45. The number of amides is 1. The SMILES string of the molecule is N#Cc1ccc(N2CC(COc3cscc3CC(=O)O)OC2=O)cc1. The number of carbonyl (C=O) groups excluding carboxylic acids is 1. The summed E-state index contributed by atoms with van der Waals surface area (Å²) in [6.45, 7) is 0.463. The zero-order valence-electron chi connectivity index (χ0n) is 13.0.